The third kappa shape index (κ3) is 6.02. The topological polar surface area (TPSA) is 144 Å². The minimum Gasteiger partial charge on any atom is -0.507 e. The lowest BCUT2D eigenvalue weighted by molar-refractivity contribution is -0.125. The lowest BCUT2D eigenvalue weighted by Gasteiger charge is -2.41. The molecule has 2 heterocycles. The van der Waals surface area contributed by atoms with Crippen molar-refractivity contribution in [1.82, 2.24) is 14.6 Å². The highest BCUT2D eigenvalue weighted by Gasteiger charge is 2.45. The second-order valence-corrected chi connectivity index (χ2v) is 13.1. The molecule has 2 N–H and O–H groups in total. The molecule has 10 nitrogen and oxygen atoms in total. The molecule has 2 fully saturated rings. The molecule has 2 aliphatic rings. The molecule has 0 bridgehead atoms. The fraction of sp³-hybridized carbons (Fsp3) is 0.375. The number of hydrogen-bond donors (Lipinski definition) is 2. The Balaban J connectivity index is 1.46. The predicted octanol–water partition coefficient (Wildman–Crippen LogP) is 4.51. The Hall–Kier alpha value is -4.34. The van der Waals surface area contributed by atoms with Crippen LogP contribution < -0.4 is 10.2 Å². The maximum Gasteiger partial charge on any atom is 0.254 e. The largest absolute Gasteiger partial charge is 0.507 e. The van der Waals surface area contributed by atoms with E-state index >= 15 is 0 Å². The molecule has 0 radical (unpaired) electrons. The Morgan fingerprint density at radius 2 is 1.89 bits per heavy atom. The van der Waals surface area contributed by atoms with Crippen molar-refractivity contribution in [3.8, 4) is 11.8 Å². The number of benzene rings is 2. The number of anilines is 1. The van der Waals surface area contributed by atoms with E-state index in [-0.39, 0.29) is 47.6 Å². The van der Waals surface area contributed by atoms with Gasteiger partial charge in [0.2, 0.25) is 15.9 Å². The van der Waals surface area contributed by atoms with Gasteiger partial charge in [0.1, 0.15) is 17.6 Å². The van der Waals surface area contributed by atoms with Crippen LogP contribution in [0.1, 0.15) is 77.2 Å². The van der Waals surface area contributed by atoms with Crippen LogP contribution in [0, 0.1) is 24.1 Å². The van der Waals surface area contributed by atoms with Crippen LogP contribution in [0.5, 0.6) is 5.75 Å². The molecular formula is C32H34FN5O5S. The summed E-state index contributed by atoms with van der Waals surface area (Å²) in [6.45, 7) is 1.39. The second kappa shape index (κ2) is 12.7. The van der Waals surface area contributed by atoms with Crippen LogP contribution in [-0.2, 0) is 21.4 Å². The number of phenols is 1. The molecule has 0 spiro atoms. The molecular weight excluding hydrogens is 585 g/mol. The summed E-state index contributed by atoms with van der Waals surface area (Å²) in [5, 5.41) is 22.4. The van der Waals surface area contributed by atoms with E-state index in [1.165, 1.54) is 56.3 Å². The van der Waals surface area contributed by atoms with Crippen LogP contribution >= 0.6 is 0 Å². The summed E-state index contributed by atoms with van der Waals surface area (Å²) < 4.78 is 42.6. The normalized spacial score (nSPS) is 17.4. The van der Waals surface area contributed by atoms with Crippen molar-refractivity contribution in [2.75, 3.05) is 18.5 Å². The first kappa shape index (κ1) is 31.1. The highest BCUT2D eigenvalue weighted by Crippen LogP contribution is 2.34. The molecule has 44 heavy (non-hydrogen) atoms. The van der Waals surface area contributed by atoms with Gasteiger partial charge in [-0.2, -0.15) is 9.57 Å². The molecule has 5 rings (SSSR count). The fourth-order valence-electron chi connectivity index (χ4n) is 5.81. The molecule has 1 saturated carbocycles. The van der Waals surface area contributed by atoms with Crippen molar-refractivity contribution < 1.29 is 27.5 Å². The van der Waals surface area contributed by atoms with Crippen molar-refractivity contribution in [3.05, 3.63) is 82.4 Å². The van der Waals surface area contributed by atoms with Gasteiger partial charge in [0.25, 0.3) is 5.91 Å². The van der Waals surface area contributed by atoms with Gasteiger partial charge in [0.05, 0.1) is 34.3 Å². The SMILES string of the molecule is CNC(=O)c1ccc(N(Cc2ccc(C3CCCCC3)cn2)C(=O)[C@H]2CCN2S(=O)(=O)c2cc(F)c(C)c(C#N)c2)cc1O. The Morgan fingerprint density at radius 3 is 2.48 bits per heavy atom. The third-order valence-electron chi connectivity index (χ3n) is 8.58. The number of hydrogen-bond acceptors (Lipinski definition) is 7. The number of nitrogens with one attached hydrogen (secondary N) is 1. The van der Waals surface area contributed by atoms with Gasteiger partial charge in [0.15, 0.2) is 0 Å². The van der Waals surface area contributed by atoms with Gasteiger partial charge in [0, 0.05) is 37.1 Å². The third-order valence-corrected chi connectivity index (χ3v) is 10.5. The molecule has 1 aliphatic carbocycles. The van der Waals surface area contributed by atoms with E-state index in [0.717, 1.165) is 34.8 Å². The summed E-state index contributed by atoms with van der Waals surface area (Å²) in [7, 11) is -2.90. The number of nitriles is 1. The maximum absolute atomic E-state index is 14.5. The van der Waals surface area contributed by atoms with E-state index in [2.05, 4.69) is 10.3 Å². The number of carbonyl (C=O) groups excluding carboxylic acids is 2. The number of carbonyl (C=O) groups is 2. The Kier molecular flexibility index (Phi) is 8.99. The molecule has 1 aliphatic heterocycles. The van der Waals surface area contributed by atoms with Crippen LogP contribution in [0.2, 0.25) is 0 Å². The maximum atomic E-state index is 14.5. The Labute approximate surface area is 256 Å². The Morgan fingerprint density at radius 1 is 1.14 bits per heavy atom. The molecule has 1 saturated heterocycles. The van der Waals surface area contributed by atoms with E-state index in [9.17, 15) is 32.8 Å². The van der Waals surface area contributed by atoms with Crippen molar-refractivity contribution in [2.45, 2.75) is 68.8 Å². The summed E-state index contributed by atoms with van der Waals surface area (Å²) >= 11 is 0. The van der Waals surface area contributed by atoms with Gasteiger partial charge in [-0.05, 0) is 68.0 Å². The van der Waals surface area contributed by atoms with Crippen LogP contribution in [-0.4, -0.2) is 54.3 Å². The van der Waals surface area contributed by atoms with Crippen LogP contribution in [0.4, 0.5) is 10.1 Å². The van der Waals surface area contributed by atoms with Crippen molar-refractivity contribution in [2.24, 2.45) is 0 Å². The van der Waals surface area contributed by atoms with Crippen molar-refractivity contribution in [3.63, 3.8) is 0 Å². The van der Waals surface area contributed by atoms with E-state index in [0.29, 0.717) is 11.6 Å². The minimum absolute atomic E-state index is 0.0150. The number of nitrogens with zero attached hydrogens (tertiary/aromatic N) is 4. The number of phenolic OH excluding ortho intramolecular Hbond substituents is 1. The highest BCUT2D eigenvalue weighted by atomic mass is 32.2. The van der Waals surface area contributed by atoms with Crippen molar-refractivity contribution >= 4 is 27.5 Å². The summed E-state index contributed by atoms with van der Waals surface area (Å²) in [6.07, 6.45) is 7.83. The molecule has 1 aromatic heterocycles. The first-order valence-electron chi connectivity index (χ1n) is 14.6. The zero-order valence-corrected chi connectivity index (χ0v) is 25.4. The molecule has 12 heteroatoms. The molecule has 2 amide bonds. The number of sulfonamides is 1. The van der Waals surface area contributed by atoms with Crippen LogP contribution in [0.25, 0.3) is 0 Å². The van der Waals surface area contributed by atoms with E-state index in [1.807, 2.05) is 24.4 Å². The Bertz CT molecular complexity index is 1730. The average molecular weight is 620 g/mol. The first-order chi connectivity index (χ1) is 21.0. The quantitative estimate of drug-likeness (QED) is 0.378. The van der Waals surface area contributed by atoms with Gasteiger partial charge < -0.3 is 15.3 Å². The molecule has 1 atom stereocenters. The predicted molar refractivity (Wildman–Crippen MR) is 161 cm³/mol. The van der Waals surface area contributed by atoms with Gasteiger partial charge >= 0.3 is 0 Å². The smallest absolute Gasteiger partial charge is 0.254 e. The van der Waals surface area contributed by atoms with Gasteiger partial charge in [-0.1, -0.05) is 25.3 Å². The number of aromatic hydroxyl groups is 1. The van der Waals surface area contributed by atoms with Gasteiger partial charge in [-0.3, -0.25) is 14.6 Å². The molecule has 3 aromatic rings. The number of amides is 2. The van der Waals surface area contributed by atoms with E-state index in [4.69, 9.17) is 0 Å². The fourth-order valence-corrected chi connectivity index (χ4v) is 7.48. The number of rotatable bonds is 8. The number of halogens is 1. The van der Waals surface area contributed by atoms with E-state index in [1.54, 1.807) is 0 Å². The zero-order chi connectivity index (χ0) is 31.6. The van der Waals surface area contributed by atoms with Gasteiger partial charge in [-0.25, -0.2) is 12.8 Å². The lowest BCUT2D eigenvalue weighted by atomic mass is 9.85. The van der Waals surface area contributed by atoms with Crippen LogP contribution in [0.3, 0.4) is 0 Å². The van der Waals surface area contributed by atoms with Crippen molar-refractivity contribution in [1.29, 1.82) is 5.26 Å². The summed E-state index contributed by atoms with van der Waals surface area (Å²) in [5.41, 5.74) is 1.88. The molecule has 2 aromatic carbocycles. The average Bonchev–Trinajstić information content (AvgIpc) is 3.00. The summed E-state index contributed by atoms with van der Waals surface area (Å²) in [5.74, 6) is -1.82. The minimum atomic E-state index is -4.33. The highest BCUT2D eigenvalue weighted by molar-refractivity contribution is 7.89. The van der Waals surface area contributed by atoms with Gasteiger partial charge in [-0.15, -0.1) is 0 Å². The zero-order valence-electron chi connectivity index (χ0n) is 24.6. The summed E-state index contributed by atoms with van der Waals surface area (Å²) in [4.78, 5) is 31.8. The summed E-state index contributed by atoms with van der Waals surface area (Å²) in [6, 6.07) is 10.7. The monoisotopic (exact) mass is 619 g/mol. The standard InChI is InChI=1S/C32H34FN5O5S/c1-20-23(17-34)14-26(16-28(20)33)44(42,43)38-13-12-29(38)32(41)37(25-10-11-27(30(39)15-25)31(40)35-2)19-24-9-8-22(18-36-24)21-6-4-3-5-7-21/h8-11,14-16,18,21,29,39H,3-7,12-13,19H2,1-2H3,(H,35,40)/t29-/m1/s1. The lowest BCUT2D eigenvalue weighted by Crippen LogP contribution is -2.59. The van der Waals surface area contributed by atoms with E-state index < -0.39 is 38.6 Å². The second-order valence-electron chi connectivity index (χ2n) is 11.2. The first-order valence-corrected chi connectivity index (χ1v) is 16.0. The molecule has 230 valence electrons. The number of pyridine rings is 1. The number of aromatic nitrogens is 1. The van der Waals surface area contributed by atoms with Crippen LogP contribution in [0.15, 0.2) is 53.6 Å². The molecule has 0 unspecified atom stereocenters.